The summed E-state index contributed by atoms with van der Waals surface area (Å²) in [4.78, 5) is 28.8. The van der Waals surface area contributed by atoms with Crippen molar-refractivity contribution in [3.8, 4) is 11.5 Å². The van der Waals surface area contributed by atoms with Gasteiger partial charge in [-0.1, -0.05) is 48.5 Å². The van der Waals surface area contributed by atoms with E-state index >= 15 is 0 Å². The molecule has 0 aliphatic carbocycles. The number of fused-ring (bicyclic) bond motifs is 3. The Hall–Kier alpha value is -4.33. The molecule has 1 atom stereocenters. The summed E-state index contributed by atoms with van der Waals surface area (Å²) >= 11 is 0. The molecule has 0 unspecified atom stereocenters. The molecule has 0 saturated carbocycles. The molecule has 0 radical (unpaired) electrons. The number of hydrogen-bond donors (Lipinski definition) is 1. The van der Waals surface area contributed by atoms with Gasteiger partial charge in [0.2, 0.25) is 11.7 Å². The maximum atomic E-state index is 14.6. The zero-order valence-corrected chi connectivity index (χ0v) is 19.9. The topological polar surface area (TPSA) is 81.0 Å². The first kappa shape index (κ1) is 23.4. The van der Waals surface area contributed by atoms with Crippen molar-refractivity contribution in [2.75, 3.05) is 13.7 Å². The third-order valence-corrected chi connectivity index (χ3v) is 6.49. The van der Waals surface area contributed by atoms with Crippen LogP contribution in [0.3, 0.4) is 0 Å². The Balaban J connectivity index is 1.52. The molecule has 1 aliphatic rings. The van der Waals surface area contributed by atoms with Crippen LogP contribution in [-0.2, 0) is 17.9 Å². The second kappa shape index (κ2) is 9.37. The van der Waals surface area contributed by atoms with Crippen LogP contribution in [0.5, 0.6) is 11.5 Å². The number of nitrogens with one attached hydrogen (secondary N) is 1. The van der Waals surface area contributed by atoms with Crippen molar-refractivity contribution in [3.63, 3.8) is 0 Å². The summed E-state index contributed by atoms with van der Waals surface area (Å²) in [6, 6.07) is 20.6. The van der Waals surface area contributed by atoms with Gasteiger partial charge in [-0.2, -0.15) is 0 Å². The summed E-state index contributed by atoms with van der Waals surface area (Å²) in [5.41, 5.74) is 0.0701. The number of ether oxygens (including phenoxy) is 2. The highest BCUT2D eigenvalue weighted by Gasteiger charge is 2.48. The van der Waals surface area contributed by atoms with Crippen LogP contribution >= 0.6 is 0 Å². The highest BCUT2D eigenvalue weighted by atomic mass is 19.1. The lowest BCUT2D eigenvalue weighted by atomic mass is 9.97. The Labute approximate surface area is 207 Å². The molecule has 3 aromatic carbocycles. The van der Waals surface area contributed by atoms with Crippen LogP contribution in [-0.4, -0.2) is 36.0 Å². The number of benzene rings is 3. The van der Waals surface area contributed by atoms with Gasteiger partial charge in [-0.05, 0) is 31.2 Å². The van der Waals surface area contributed by atoms with Crippen molar-refractivity contribution in [2.45, 2.75) is 25.6 Å². The van der Waals surface area contributed by atoms with E-state index in [-0.39, 0.29) is 36.8 Å². The Kier molecular flexibility index (Phi) is 6.10. The summed E-state index contributed by atoms with van der Waals surface area (Å²) in [5.74, 6) is -0.601. The van der Waals surface area contributed by atoms with E-state index in [1.165, 1.54) is 11.0 Å². The van der Waals surface area contributed by atoms with Crippen LogP contribution < -0.4 is 14.8 Å². The average Bonchev–Trinajstić information content (AvgIpc) is 3.24. The van der Waals surface area contributed by atoms with Crippen LogP contribution in [0, 0.1) is 5.82 Å². The van der Waals surface area contributed by atoms with Crippen molar-refractivity contribution in [1.82, 2.24) is 10.2 Å². The zero-order chi connectivity index (χ0) is 25.3. The fraction of sp³-hybridized carbons (Fsp3) is 0.214. The molecule has 1 aliphatic heterocycles. The van der Waals surface area contributed by atoms with Gasteiger partial charge < -0.3 is 24.1 Å². The second-order valence-electron chi connectivity index (χ2n) is 8.80. The number of carbonyl (C=O) groups excluding carboxylic acids is 2. The first-order valence-corrected chi connectivity index (χ1v) is 11.5. The van der Waals surface area contributed by atoms with Crippen molar-refractivity contribution >= 4 is 22.8 Å². The quantitative estimate of drug-likeness (QED) is 0.426. The minimum atomic E-state index is -1.47. The summed E-state index contributed by atoms with van der Waals surface area (Å²) in [6.07, 6.45) is 0. The van der Waals surface area contributed by atoms with E-state index in [0.29, 0.717) is 16.7 Å². The van der Waals surface area contributed by atoms with E-state index in [2.05, 4.69) is 5.32 Å². The number of furan rings is 1. The van der Waals surface area contributed by atoms with Crippen LogP contribution in [0.4, 0.5) is 4.39 Å². The first-order valence-electron chi connectivity index (χ1n) is 11.5. The standard InChI is InChI=1S/C28H25FN2O5/c1-28(27(33)30-15-18-9-4-7-13-22(18)34-2)17-35-24-20-11-5-8-14-23(20)36-25(24)26(32)31(28)16-19-10-3-6-12-21(19)29/h3-14H,15-17H2,1-2H3,(H,30,33)/t28-/m0/s1. The molecule has 2 heterocycles. The highest BCUT2D eigenvalue weighted by molar-refractivity contribution is 6.04. The molecule has 184 valence electrons. The third kappa shape index (κ3) is 4.04. The summed E-state index contributed by atoms with van der Waals surface area (Å²) in [7, 11) is 1.56. The Morgan fingerprint density at radius 3 is 2.53 bits per heavy atom. The maximum absolute atomic E-state index is 14.6. The van der Waals surface area contributed by atoms with Gasteiger partial charge in [0.1, 0.15) is 23.8 Å². The molecule has 36 heavy (non-hydrogen) atoms. The van der Waals surface area contributed by atoms with Gasteiger partial charge in [0, 0.05) is 17.7 Å². The molecule has 2 amide bonds. The molecule has 1 N–H and O–H groups in total. The van der Waals surface area contributed by atoms with Crippen LogP contribution in [0.2, 0.25) is 0 Å². The van der Waals surface area contributed by atoms with E-state index in [4.69, 9.17) is 13.9 Å². The number of hydrogen-bond acceptors (Lipinski definition) is 5. The fourth-order valence-electron chi connectivity index (χ4n) is 4.39. The molecule has 4 aromatic rings. The number of rotatable bonds is 6. The number of methoxy groups -OCH3 is 1. The monoisotopic (exact) mass is 488 g/mol. The molecule has 7 nitrogen and oxygen atoms in total. The Morgan fingerprint density at radius 1 is 1.06 bits per heavy atom. The minimum absolute atomic E-state index is 0.0196. The zero-order valence-electron chi connectivity index (χ0n) is 19.9. The molecular formula is C28H25FN2O5. The lowest BCUT2D eigenvalue weighted by Gasteiger charge is -2.37. The first-order chi connectivity index (χ1) is 17.4. The predicted molar refractivity (Wildman–Crippen MR) is 131 cm³/mol. The predicted octanol–water partition coefficient (Wildman–Crippen LogP) is 4.69. The lowest BCUT2D eigenvalue weighted by Crippen LogP contribution is -2.60. The molecular weight excluding hydrogens is 463 g/mol. The molecule has 8 heteroatoms. The van der Waals surface area contributed by atoms with E-state index < -0.39 is 23.2 Å². The van der Waals surface area contributed by atoms with Crippen molar-refractivity contribution in [2.24, 2.45) is 0 Å². The van der Waals surface area contributed by atoms with Crippen molar-refractivity contribution in [3.05, 3.63) is 95.5 Å². The number of halogens is 1. The van der Waals surface area contributed by atoms with E-state index in [1.807, 2.05) is 24.3 Å². The lowest BCUT2D eigenvalue weighted by molar-refractivity contribution is -0.133. The van der Waals surface area contributed by atoms with Crippen LogP contribution in [0.15, 0.2) is 77.2 Å². The van der Waals surface area contributed by atoms with E-state index in [0.717, 1.165) is 5.56 Å². The largest absolute Gasteiger partial charge is 0.496 e. The van der Waals surface area contributed by atoms with Gasteiger partial charge in [0.15, 0.2) is 11.3 Å². The molecule has 0 bridgehead atoms. The van der Waals surface area contributed by atoms with Crippen LogP contribution in [0.1, 0.15) is 28.6 Å². The maximum Gasteiger partial charge on any atom is 0.294 e. The summed E-state index contributed by atoms with van der Waals surface area (Å²) in [6.45, 7) is 1.48. The Bertz CT molecular complexity index is 1450. The summed E-state index contributed by atoms with van der Waals surface area (Å²) in [5, 5.41) is 3.53. The van der Waals surface area contributed by atoms with Crippen molar-refractivity contribution in [1.29, 1.82) is 0 Å². The number of nitrogens with zero attached hydrogens (tertiary/aromatic N) is 1. The van der Waals surface area contributed by atoms with Gasteiger partial charge >= 0.3 is 0 Å². The fourth-order valence-corrected chi connectivity index (χ4v) is 4.39. The molecule has 0 saturated heterocycles. The SMILES string of the molecule is COc1ccccc1CNC(=O)[C@]1(C)COc2c(oc3ccccc23)C(=O)N1Cc1ccccc1F. The third-order valence-electron chi connectivity index (χ3n) is 6.49. The van der Waals surface area contributed by atoms with Gasteiger partial charge in [-0.15, -0.1) is 0 Å². The van der Waals surface area contributed by atoms with Gasteiger partial charge in [-0.25, -0.2) is 4.39 Å². The van der Waals surface area contributed by atoms with Crippen LogP contribution in [0.25, 0.3) is 11.0 Å². The van der Waals surface area contributed by atoms with Gasteiger partial charge in [-0.3, -0.25) is 9.59 Å². The number of carbonyl (C=O) groups is 2. The summed E-state index contributed by atoms with van der Waals surface area (Å²) < 4.78 is 31.9. The second-order valence-corrected chi connectivity index (χ2v) is 8.80. The Morgan fingerprint density at radius 2 is 1.75 bits per heavy atom. The van der Waals surface area contributed by atoms with Gasteiger partial charge in [0.25, 0.3) is 5.91 Å². The number of para-hydroxylation sites is 2. The van der Waals surface area contributed by atoms with E-state index in [1.54, 1.807) is 56.5 Å². The molecule has 1 aromatic heterocycles. The van der Waals surface area contributed by atoms with Gasteiger partial charge in [0.05, 0.1) is 19.0 Å². The van der Waals surface area contributed by atoms with E-state index in [9.17, 15) is 14.0 Å². The van der Waals surface area contributed by atoms with Crippen molar-refractivity contribution < 1.29 is 27.9 Å². The normalized spacial score (nSPS) is 17.3. The minimum Gasteiger partial charge on any atom is -0.496 e. The molecule has 5 rings (SSSR count). The molecule has 0 fully saturated rings. The molecule has 0 spiro atoms. The number of amides is 2. The smallest absolute Gasteiger partial charge is 0.294 e. The average molecular weight is 489 g/mol. The highest BCUT2D eigenvalue weighted by Crippen LogP contribution is 2.39.